The second-order valence-electron chi connectivity index (χ2n) is 5.37. The zero-order valence-corrected chi connectivity index (χ0v) is 13.1. The van der Waals surface area contributed by atoms with Crippen molar-refractivity contribution < 1.29 is 23.1 Å². The average molecular weight is 341 g/mol. The lowest BCUT2D eigenvalue weighted by atomic mass is 10.0. The van der Waals surface area contributed by atoms with E-state index in [1.165, 1.54) is 23.1 Å². The predicted molar refractivity (Wildman–Crippen MR) is 80.9 cm³/mol. The van der Waals surface area contributed by atoms with Gasteiger partial charge in [0.25, 0.3) is 0 Å². The van der Waals surface area contributed by atoms with Crippen LogP contribution in [0.2, 0.25) is 0 Å². The predicted octanol–water partition coefficient (Wildman–Crippen LogP) is 2.00. The number of benzene rings is 1. The van der Waals surface area contributed by atoms with E-state index in [1.54, 1.807) is 24.1 Å². The van der Waals surface area contributed by atoms with Crippen molar-refractivity contribution in [3.63, 3.8) is 0 Å². The summed E-state index contributed by atoms with van der Waals surface area (Å²) in [7, 11) is 1.75. The molecule has 24 heavy (non-hydrogen) atoms. The van der Waals surface area contributed by atoms with E-state index in [0.29, 0.717) is 0 Å². The van der Waals surface area contributed by atoms with Crippen molar-refractivity contribution in [2.24, 2.45) is 7.05 Å². The summed E-state index contributed by atoms with van der Waals surface area (Å²) in [6.45, 7) is -0.0627. The fourth-order valence-electron chi connectivity index (χ4n) is 2.37. The zero-order chi connectivity index (χ0) is 17.7. The van der Waals surface area contributed by atoms with E-state index in [0.717, 1.165) is 11.8 Å². The van der Waals surface area contributed by atoms with E-state index in [-0.39, 0.29) is 31.7 Å². The Hall–Kier alpha value is -2.35. The highest BCUT2D eigenvalue weighted by molar-refractivity contribution is 5.79. The third kappa shape index (κ3) is 4.35. The van der Waals surface area contributed by atoms with Gasteiger partial charge < -0.3 is 14.6 Å². The van der Waals surface area contributed by atoms with Gasteiger partial charge in [0.15, 0.2) is 0 Å². The quantitative estimate of drug-likeness (QED) is 0.874. The van der Waals surface area contributed by atoms with Gasteiger partial charge in [0.2, 0.25) is 5.91 Å². The van der Waals surface area contributed by atoms with Crippen LogP contribution in [0.5, 0.6) is 0 Å². The molecule has 0 aliphatic rings. The van der Waals surface area contributed by atoms with Crippen molar-refractivity contribution in [2.45, 2.75) is 19.1 Å². The van der Waals surface area contributed by atoms with Crippen molar-refractivity contribution in [1.82, 2.24) is 14.5 Å². The van der Waals surface area contributed by atoms with Crippen LogP contribution in [0, 0.1) is 0 Å². The Bertz CT molecular complexity index is 698. The summed E-state index contributed by atoms with van der Waals surface area (Å²) in [6.07, 6.45) is -1.76. The molecule has 0 unspecified atom stereocenters. The second kappa shape index (κ2) is 7.48. The topological polar surface area (TPSA) is 58.4 Å². The molecule has 0 bridgehead atoms. The van der Waals surface area contributed by atoms with Gasteiger partial charge in [-0.1, -0.05) is 18.2 Å². The third-order valence-corrected chi connectivity index (χ3v) is 3.66. The monoisotopic (exact) mass is 341 g/mol. The van der Waals surface area contributed by atoms with Crippen molar-refractivity contribution in [3.05, 3.63) is 53.6 Å². The van der Waals surface area contributed by atoms with Crippen molar-refractivity contribution in [1.29, 1.82) is 0 Å². The minimum absolute atomic E-state index is 0.0399. The summed E-state index contributed by atoms with van der Waals surface area (Å²) in [6, 6.07) is 5.01. The first-order valence-electron chi connectivity index (χ1n) is 7.32. The minimum atomic E-state index is -4.51. The van der Waals surface area contributed by atoms with Crippen LogP contribution in [0.25, 0.3) is 0 Å². The van der Waals surface area contributed by atoms with E-state index in [9.17, 15) is 18.0 Å². The van der Waals surface area contributed by atoms with E-state index in [4.69, 9.17) is 5.11 Å². The maximum Gasteiger partial charge on any atom is 0.416 e. The third-order valence-electron chi connectivity index (χ3n) is 3.66. The molecule has 0 saturated carbocycles. The van der Waals surface area contributed by atoms with Gasteiger partial charge in [-0.15, -0.1) is 0 Å². The van der Waals surface area contributed by atoms with Crippen molar-refractivity contribution in [2.75, 3.05) is 13.2 Å². The number of nitrogens with zero attached hydrogens (tertiary/aromatic N) is 3. The summed E-state index contributed by atoms with van der Waals surface area (Å²) in [4.78, 5) is 17.7. The van der Waals surface area contributed by atoms with Crippen molar-refractivity contribution >= 4 is 5.91 Å². The molecule has 0 radical (unpaired) electrons. The van der Waals surface area contributed by atoms with Crippen LogP contribution < -0.4 is 0 Å². The highest BCUT2D eigenvalue weighted by atomic mass is 19.4. The molecule has 0 aliphatic heterocycles. The number of aliphatic hydroxyl groups excluding tert-OH is 1. The number of hydrogen-bond acceptors (Lipinski definition) is 3. The lowest BCUT2D eigenvalue weighted by Crippen LogP contribution is -2.35. The molecule has 0 aliphatic carbocycles. The molecule has 1 aromatic carbocycles. The summed E-state index contributed by atoms with van der Waals surface area (Å²) < 4.78 is 40.8. The van der Waals surface area contributed by atoms with Gasteiger partial charge in [-0.25, -0.2) is 4.98 Å². The molecule has 1 heterocycles. The molecule has 5 nitrogen and oxygen atoms in total. The molecule has 2 aromatic rings. The van der Waals surface area contributed by atoms with Gasteiger partial charge in [0.1, 0.15) is 0 Å². The molecule has 1 N–H and O–H groups in total. The van der Waals surface area contributed by atoms with Gasteiger partial charge in [-0.2, -0.15) is 13.2 Å². The van der Waals surface area contributed by atoms with Crippen LogP contribution >= 0.6 is 0 Å². The SMILES string of the molecule is Cn1cncc1CN(CCO)C(=O)Cc1ccccc1C(F)(F)F. The van der Waals surface area contributed by atoms with Gasteiger partial charge in [-0.05, 0) is 11.6 Å². The van der Waals surface area contributed by atoms with Crippen molar-refractivity contribution in [3.8, 4) is 0 Å². The number of carbonyl (C=O) groups is 1. The molecule has 0 spiro atoms. The molecule has 0 saturated heterocycles. The number of alkyl halides is 3. The van der Waals surface area contributed by atoms with Gasteiger partial charge in [0.05, 0.1) is 37.2 Å². The molecule has 8 heteroatoms. The standard InChI is InChI=1S/C16H18F3N3O2/c1-21-11-20-9-13(21)10-22(6-7-23)15(24)8-12-4-2-3-5-14(12)16(17,18)19/h2-5,9,11,23H,6-8,10H2,1H3. The van der Waals surface area contributed by atoms with Crippen LogP contribution in [-0.4, -0.2) is 38.6 Å². The normalized spacial score (nSPS) is 11.5. The van der Waals surface area contributed by atoms with Gasteiger partial charge >= 0.3 is 6.18 Å². The van der Waals surface area contributed by atoms with E-state index in [1.807, 2.05) is 0 Å². The van der Waals surface area contributed by atoms with E-state index in [2.05, 4.69) is 4.98 Å². The first kappa shape index (κ1) is 18.0. The summed E-state index contributed by atoms with van der Waals surface area (Å²) in [5.74, 6) is -0.484. The lowest BCUT2D eigenvalue weighted by molar-refractivity contribution is -0.138. The highest BCUT2D eigenvalue weighted by Crippen LogP contribution is 2.32. The van der Waals surface area contributed by atoms with Crippen LogP contribution in [0.1, 0.15) is 16.8 Å². The molecule has 0 atom stereocenters. The fraction of sp³-hybridized carbons (Fsp3) is 0.375. The van der Waals surface area contributed by atoms with Crippen LogP contribution in [0.3, 0.4) is 0 Å². The Labute approximate surface area is 137 Å². The lowest BCUT2D eigenvalue weighted by Gasteiger charge is -2.23. The Morgan fingerprint density at radius 3 is 2.62 bits per heavy atom. The molecule has 0 fully saturated rings. The first-order chi connectivity index (χ1) is 11.3. The number of aliphatic hydroxyl groups is 1. The van der Waals surface area contributed by atoms with Crippen LogP contribution in [0.4, 0.5) is 13.2 Å². The smallest absolute Gasteiger partial charge is 0.395 e. The van der Waals surface area contributed by atoms with E-state index < -0.39 is 17.6 Å². The van der Waals surface area contributed by atoms with Crippen LogP contribution in [-0.2, 0) is 31.0 Å². The molecule has 1 amide bonds. The average Bonchev–Trinajstić information content (AvgIpc) is 2.91. The molecular formula is C16H18F3N3O2. The minimum Gasteiger partial charge on any atom is -0.395 e. The first-order valence-corrected chi connectivity index (χ1v) is 7.32. The Balaban J connectivity index is 2.18. The number of carbonyl (C=O) groups excluding carboxylic acids is 1. The van der Waals surface area contributed by atoms with Crippen LogP contribution in [0.15, 0.2) is 36.8 Å². The number of aryl methyl sites for hydroxylation is 1. The maximum absolute atomic E-state index is 13.0. The Morgan fingerprint density at radius 1 is 1.33 bits per heavy atom. The molecule has 2 rings (SSSR count). The number of halogens is 3. The Kier molecular flexibility index (Phi) is 5.61. The second-order valence-corrected chi connectivity index (χ2v) is 5.37. The summed E-state index contributed by atoms with van der Waals surface area (Å²) >= 11 is 0. The maximum atomic E-state index is 13.0. The fourth-order valence-corrected chi connectivity index (χ4v) is 2.37. The number of rotatable bonds is 6. The molecule has 130 valence electrons. The molecular weight excluding hydrogens is 323 g/mol. The number of aromatic nitrogens is 2. The van der Waals surface area contributed by atoms with Gasteiger partial charge in [-0.3, -0.25) is 4.79 Å². The summed E-state index contributed by atoms with van der Waals surface area (Å²) in [5, 5.41) is 9.14. The van der Waals surface area contributed by atoms with Gasteiger partial charge in [0, 0.05) is 19.8 Å². The number of amides is 1. The number of hydrogen-bond donors (Lipinski definition) is 1. The highest BCUT2D eigenvalue weighted by Gasteiger charge is 2.33. The summed E-state index contributed by atoms with van der Waals surface area (Å²) in [5.41, 5.74) is -0.174. The molecule has 1 aromatic heterocycles. The largest absolute Gasteiger partial charge is 0.416 e. The van der Waals surface area contributed by atoms with E-state index >= 15 is 0 Å². The number of imidazole rings is 1. The Morgan fingerprint density at radius 2 is 2.04 bits per heavy atom. The zero-order valence-electron chi connectivity index (χ0n) is 13.1.